The van der Waals surface area contributed by atoms with Crippen molar-refractivity contribution in [1.29, 1.82) is 0 Å². The molecule has 4 nitrogen and oxygen atoms in total. The van der Waals surface area contributed by atoms with E-state index in [0.29, 0.717) is 30.7 Å². The van der Waals surface area contributed by atoms with E-state index in [1.807, 2.05) is 6.07 Å². The van der Waals surface area contributed by atoms with Gasteiger partial charge < -0.3 is 9.73 Å². The third-order valence-corrected chi connectivity index (χ3v) is 4.52. The molecule has 0 aliphatic heterocycles. The molecule has 0 atom stereocenters. The van der Waals surface area contributed by atoms with Crippen LogP contribution in [0.4, 0.5) is 8.78 Å². The third kappa shape index (κ3) is 4.19. The molecule has 1 heterocycles. The summed E-state index contributed by atoms with van der Waals surface area (Å²) in [6.45, 7) is 0.502. The maximum atomic E-state index is 13.1. The zero-order chi connectivity index (χ0) is 17.0. The fourth-order valence-electron chi connectivity index (χ4n) is 3.05. The highest BCUT2D eigenvalue weighted by Crippen LogP contribution is 2.37. The van der Waals surface area contributed by atoms with Gasteiger partial charge in [0.2, 0.25) is 5.92 Å². The Morgan fingerprint density at radius 1 is 1.33 bits per heavy atom. The fraction of sp³-hybridized carbons (Fsp3) is 0.444. The highest BCUT2D eigenvalue weighted by Gasteiger charge is 2.34. The molecule has 0 radical (unpaired) electrons. The minimum atomic E-state index is -2.50. The third-order valence-electron chi connectivity index (χ3n) is 4.52. The molecule has 1 N–H and O–H groups in total. The van der Waals surface area contributed by atoms with Crippen LogP contribution in [0.1, 0.15) is 42.5 Å². The fourth-order valence-corrected chi connectivity index (χ4v) is 3.05. The van der Waals surface area contributed by atoms with Crippen LogP contribution in [0.3, 0.4) is 0 Å². The molecule has 1 aliphatic carbocycles. The number of hydrogen-bond donors (Lipinski definition) is 1. The van der Waals surface area contributed by atoms with Gasteiger partial charge in [-0.05, 0) is 37.3 Å². The molecule has 128 valence electrons. The number of rotatable bonds is 5. The van der Waals surface area contributed by atoms with E-state index >= 15 is 0 Å². The molecule has 1 aromatic carbocycles. The number of alkyl halides is 2. The van der Waals surface area contributed by atoms with Gasteiger partial charge >= 0.3 is 0 Å². The average molecular weight is 334 g/mol. The molecule has 3 rings (SSSR count). The Morgan fingerprint density at radius 2 is 2.12 bits per heavy atom. The zero-order valence-corrected chi connectivity index (χ0v) is 13.3. The molecule has 1 aromatic heterocycles. The molecular weight excluding hydrogens is 314 g/mol. The van der Waals surface area contributed by atoms with Crippen LogP contribution in [0.15, 0.2) is 41.3 Å². The number of nitrogens with zero attached hydrogens (tertiary/aromatic N) is 1. The lowest BCUT2D eigenvalue weighted by atomic mass is 9.85. The van der Waals surface area contributed by atoms with Crippen LogP contribution in [0.25, 0.3) is 11.3 Å². The van der Waals surface area contributed by atoms with Gasteiger partial charge in [-0.15, -0.1) is 0 Å². The van der Waals surface area contributed by atoms with E-state index in [-0.39, 0.29) is 24.7 Å². The standard InChI is InChI=1S/C18H20F2N2O2/c19-18(20)7-4-13(5-8-18)6-9-22-17(23)15-3-1-2-14(10-15)16-11-21-12-24-16/h1-3,10-13H,4-9H2,(H,22,23). The predicted molar refractivity (Wildman–Crippen MR) is 85.8 cm³/mol. The van der Waals surface area contributed by atoms with Crippen LogP contribution in [0.2, 0.25) is 0 Å². The molecule has 0 bridgehead atoms. The number of carbonyl (C=O) groups is 1. The van der Waals surface area contributed by atoms with Gasteiger partial charge in [-0.2, -0.15) is 0 Å². The van der Waals surface area contributed by atoms with Crippen molar-refractivity contribution in [1.82, 2.24) is 10.3 Å². The van der Waals surface area contributed by atoms with E-state index in [1.165, 1.54) is 6.39 Å². The summed E-state index contributed by atoms with van der Waals surface area (Å²) in [6.07, 6.45) is 4.67. The lowest BCUT2D eigenvalue weighted by Crippen LogP contribution is -2.29. The maximum Gasteiger partial charge on any atom is 0.251 e. The summed E-state index contributed by atoms with van der Waals surface area (Å²) in [5.41, 5.74) is 1.33. The molecule has 6 heteroatoms. The van der Waals surface area contributed by atoms with Crippen LogP contribution >= 0.6 is 0 Å². The SMILES string of the molecule is O=C(NCCC1CCC(F)(F)CC1)c1cccc(-c2cnco2)c1. The Balaban J connectivity index is 1.50. The van der Waals surface area contributed by atoms with E-state index in [4.69, 9.17) is 4.42 Å². The highest BCUT2D eigenvalue weighted by atomic mass is 19.3. The minimum Gasteiger partial charge on any atom is -0.444 e. The molecular formula is C18H20F2N2O2. The minimum absolute atomic E-state index is 0.0369. The quantitative estimate of drug-likeness (QED) is 0.887. The lowest BCUT2D eigenvalue weighted by molar-refractivity contribution is -0.0464. The Bertz CT molecular complexity index is 676. The summed E-state index contributed by atoms with van der Waals surface area (Å²) in [5.74, 6) is -1.79. The topological polar surface area (TPSA) is 55.1 Å². The van der Waals surface area contributed by atoms with Gasteiger partial charge in [0.15, 0.2) is 12.2 Å². The number of hydrogen-bond acceptors (Lipinski definition) is 3. The Labute approximate surface area is 139 Å². The summed E-state index contributed by atoms with van der Waals surface area (Å²) >= 11 is 0. The summed E-state index contributed by atoms with van der Waals surface area (Å²) in [6, 6.07) is 7.11. The molecule has 1 aliphatic rings. The van der Waals surface area contributed by atoms with Crippen molar-refractivity contribution in [3.63, 3.8) is 0 Å². The first kappa shape index (κ1) is 16.6. The van der Waals surface area contributed by atoms with E-state index < -0.39 is 5.92 Å². The number of amides is 1. The average Bonchev–Trinajstić information content (AvgIpc) is 3.11. The number of nitrogens with one attached hydrogen (secondary N) is 1. The van der Waals surface area contributed by atoms with Gasteiger partial charge in [-0.3, -0.25) is 4.79 Å². The van der Waals surface area contributed by atoms with Crippen molar-refractivity contribution in [2.45, 2.75) is 38.0 Å². The molecule has 1 saturated carbocycles. The molecule has 0 saturated heterocycles. The van der Waals surface area contributed by atoms with E-state index in [0.717, 1.165) is 12.0 Å². The van der Waals surface area contributed by atoms with Gasteiger partial charge in [-0.25, -0.2) is 13.8 Å². The van der Waals surface area contributed by atoms with Crippen molar-refractivity contribution < 1.29 is 18.0 Å². The lowest BCUT2D eigenvalue weighted by Gasteiger charge is -2.28. The van der Waals surface area contributed by atoms with Crippen LogP contribution < -0.4 is 5.32 Å². The molecule has 24 heavy (non-hydrogen) atoms. The summed E-state index contributed by atoms with van der Waals surface area (Å²) < 4.78 is 31.5. The van der Waals surface area contributed by atoms with Crippen LogP contribution in [0, 0.1) is 5.92 Å². The largest absolute Gasteiger partial charge is 0.444 e. The second-order valence-corrected chi connectivity index (χ2v) is 6.29. The van der Waals surface area contributed by atoms with Crippen molar-refractivity contribution in [2.24, 2.45) is 5.92 Å². The smallest absolute Gasteiger partial charge is 0.251 e. The first-order chi connectivity index (χ1) is 11.5. The molecule has 1 fully saturated rings. The second-order valence-electron chi connectivity index (χ2n) is 6.29. The molecule has 1 amide bonds. The van der Waals surface area contributed by atoms with Gasteiger partial charge in [0.05, 0.1) is 6.20 Å². The van der Waals surface area contributed by atoms with Crippen molar-refractivity contribution in [3.05, 3.63) is 42.4 Å². The summed E-state index contributed by atoms with van der Waals surface area (Å²) in [4.78, 5) is 16.1. The van der Waals surface area contributed by atoms with Crippen molar-refractivity contribution >= 4 is 5.91 Å². The highest BCUT2D eigenvalue weighted by molar-refractivity contribution is 5.95. The van der Waals surface area contributed by atoms with Gasteiger partial charge in [0, 0.05) is 30.5 Å². The van der Waals surface area contributed by atoms with Gasteiger partial charge in [0.25, 0.3) is 5.91 Å². The summed E-state index contributed by atoms with van der Waals surface area (Å²) in [7, 11) is 0. The monoisotopic (exact) mass is 334 g/mol. The van der Waals surface area contributed by atoms with Crippen molar-refractivity contribution in [2.75, 3.05) is 6.54 Å². The van der Waals surface area contributed by atoms with E-state index in [2.05, 4.69) is 10.3 Å². The number of benzene rings is 1. The van der Waals surface area contributed by atoms with Crippen molar-refractivity contribution in [3.8, 4) is 11.3 Å². The second kappa shape index (κ2) is 7.11. The zero-order valence-electron chi connectivity index (χ0n) is 13.3. The maximum absolute atomic E-state index is 13.1. The Morgan fingerprint density at radius 3 is 2.83 bits per heavy atom. The van der Waals surface area contributed by atoms with E-state index in [1.54, 1.807) is 24.4 Å². The van der Waals surface area contributed by atoms with Gasteiger partial charge in [-0.1, -0.05) is 12.1 Å². The number of halogens is 2. The first-order valence-corrected chi connectivity index (χ1v) is 8.18. The van der Waals surface area contributed by atoms with E-state index in [9.17, 15) is 13.6 Å². The molecule has 0 unspecified atom stereocenters. The van der Waals surface area contributed by atoms with Crippen LogP contribution in [0.5, 0.6) is 0 Å². The normalized spacial score (nSPS) is 17.6. The number of oxazole rings is 1. The Hall–Kier alpha value is -2.24. The van der Waals surface area contributed by atoms with Gasteiger partial charge in [0.1, 0.15) is 0 Å². The number of aromatic nitrogens is 1. The van der Waals surface area contributed by atoms with Crippen LogP contribution in [-0.4, -0.2) is 23.4 Å². The first-order valence-electron chi connectivity index (χ1n) is 8.18. The number of carbonyl (C=O) groups excluding carboxylic acids is 1. The Kier molecular flexibility index (Phi) is 4.92. The molecule has 2 aromatic rings. The molecule has 0 spiro atoms. The predicted octanol–water partition coefficient (Wildman–Crippen LogP) is 4.29. The van der Waals surface area contributed by atoms with Crippen LogP contribution in [-0.2, 0) is 0 Å². The summed E-state index contributed by atoms with van der Waals surface area (Å²) in [5, 5.41) is 2.87.